The first-order valence-electron chi connectivity index (χ1n) is 9.16. The fraction of sp³-hybridized carbons (Fsp3) is 0.333. The topological polar surface area (TPSA) is 49.9 Å². The van der Waals surface area contributed by atoms with Crippen LogP contribution in [0.2, 0.25) is 0 Å². The van der Waals surface area contributed by atoms with Crippen LogP contribution in [0.1, 0.15) is 17.7 Å². The molecule has 0 N–H and O–H groups in total. The maximum atomic E-state index is 13.3. The Hall–Kier alpha value is -2.47. The van der Waals surface area contributed by atoms with Gasteiger partial charge in [-0.05, 0) is 24.6 Å². The van der Waals surface area contributed by atoms with Gasteiger partial charge in [-0.25, -0.2) is 4.79 Å². The van der Waals surface area contributed by atoms with E-state index in [9.17, 15) is 9.59 Å². The lowest BCUT2D eigenvalue weighted by Crippen LogP contribution is -2.51. The van der Waals surface area contributed by atoms with E-state index in [0.29, 0.717) is 32.8 Å². The smallest absolute Gasteiger partial charge is 0.409 e. The van der Waals surface area contributed by atoms with Gasteiger partial charge in [0, 0.05) is 31.1 Å². The number of piperazine rings is 1. The Morgan fingerprint density at radius 3 is 2.07 bits per heavy atom. The lowest BCUT2D eigenvalue weighted by molar-refractivity contribution is -0.132. The first-order chi connectivity index (χ1) is 13.2. The second-order valence-electron chi connectivity index (χ2n) is 6.23. The molecule has 1 heterocycles. The molecule has 0 bridgehead atoms. The molecule has 27 heavy (non-hydrogen) atoms. The summed E-state index contributed by atoms with van der Waals surface area (Å²) in [6, 6.07) is 19.8. The predicted octanol–water partition coefficient (Wildman–Crippen LogP) is 3.82. The Bertz CT molecular complexity index is 747. The Morgan fingerprint density at radius 1 is 0.926 bits per heavy atom. The van der Waals surface area contributed by atoms with Crippen LogP contribution in [0, 0.1) is 0 Å². The average molecular weight is 385 g/mol. The van der Waals surface area contributed by atoms with Crippen molar-refractivity contribution < 1.29 is 14.3 Å². The van der Waals surface area contributed by atoms with E-state index in [4.69, 9.17) is 4.74 Å². The van der Waals surface area contributed by atoms with Crippen molar-refractivity contribution in [3.8, 4) is 0 Å². The first-order valence-corrected chi connectivity index (χ1v) is 10.0. The van der Waals surface area contributed by atoms with Gasteiger partial charge in [-0.2, -0.15) is 0 Å². The second kappa shape index (κ2) is 9.46. The van der Waals surface area contributed by atoms with E-state index in [2.05, 4.69) is 0 Å². The van der Waals surface area contributed by atoms with Crippen molar-refractivity contribution in [1.29, 1.82) is 0 Å². The molecule has 1 fully saturated rings. The van der Waals surface area contributed by atoms with Gasteiger partial charge >= 0.3 is 6.09 Å². The summed E-state index contributed by atoms with van der Waals surface area (Å²) in [5.41, 5.74) is 0.990. The molecule has 2 amide bonds. The van der Waals surface area contributed by atoms with Crippen LogP contribution in [0.15, 0.2) is 65.6 Å². The Kier molecular flexibility index (Phi) is 6.76. The van der Waals surface area contributed by atoms with Crippen molar-refractivity contribution in [2.75, 3.05) is 32.8 Å². The molecule has 0 saturated carbocycles. The Labute approximate surface area is 164 Å². The number of carbonyl (C=O) groups is 2. The minimum atomic E-state index is -0.303. The molecule has 2 aromatic carbocycles. The van der Waals surface area contributed by atoms with Crippen LogP contribution in [-0.4, -0.2) is 54.6 Å². The minimum absolute atomic E-state index is 0.0820. The van der Waals surface area contributed by atoms with Gasteiger partial charge in [-0.15, -0.1) is 11.8 Å². The molecule has 2 aromatic rings. The summed E-state index contributed by atoms with van der Waals surface area (Å²) in [5.74, 6) is 0.0820. The van der Waals surface area contributed by atoms with Crippen LogP contribution in [0.3, 0.4) is 0 Å². The monoisotopic (exact) mass is 384 g/mol. The summed E-state index contributed by atoms with van der Waals surface area (Å²) in [5, 5.41) is -0.303. The molecule has 0 aromatic heterocycles. The van der Waals surface area contributed by atoms with Gasteiger partial charge in [-0.1, -0.05) is 48.5 Å². The molecule has 0 unspecified atom stereocenters. The third-order valence-electron chi connectivity index (χ3n) is 4.44. The summed E-state index contributed by atoms with van der Waals surface area (Å²) >= 11 is 1.56. The highest BCUT2D eigenvalue weighted by Crippen LogP contribution is 2.36. The van der Waals surface area contributed by atoms with Crippen LogP contribution < -0.4 is 0 Å². The van der Waals surface area contributed by atoms with Crippen LogP contribution >= 0.6 is 11.8 Å². The number of carbonyl (C=O) groups excluding carboxylic acids is 2. The Balaban J connectivity index is 1.71. The molecule has 1 aliphatic heterocycles. The van der Waals surface area contributed by atoms with Crippen molar-refractivity contribution in [1.82, 2.24) is 9.80 Å². The molecule has 0 aliphatic carbocycles. The number of nitrogens with zero attached hydrogens (tertiary/aromatic N) is 2. The van der Waals surface area contributed by atoms with Crippen molar-refractivity contribution in [2.45, 2.75) is 17.1 Å². The molecule has 3 rings (SSSR count). The van der Waals surface area contributed by atoms with Crippen LogP contribution in [0.25, 0.3) is 0 Å². The molecular formula is C21H24N2O3S. The van der Waals surface area contributed by atoms with E-state index in [1.165, 1.54) is 0 Å². The standard InChI is InChI=1S/C21H24N2O3S/c1-2-26-21(25)23-15-13-22(14-16-23)20(24)19(17-9-5-3-6-10-17)27-18-11-7-4-8-12-18/h3-12,19H,2,13-16H2,1H3/t19-/m0/s1. The fourth-order valence-corrected chi connectivity index (χ4v) is 4.14. The molecule has 142 valence electrons. The van der Waals surface area contributed by atoms with Gasteiger partial charge in [0.1, 0.15) is 5.25 Å². The summed E-state index contributed by atoms with van der Waals surface area (Å²) in [7, 11) is 0. The number of thioether (sulfide) groups is 1. The third kappa shape index (κ3) is 5.04. The van der Waals surface area contributed by atoms with Crippen molar-refractivity contribution in [2.24, 2.45) is 0 Å². The van der Waals surface area contributed by atoms with Crippen molar-refractivity contribution in [3.05, 3.63) is 66.2 Å². The highest BCUT2D eigenvalue weighted by atomic mass is 32.2. The lowest BCUT2D eigenvalue weighted by atomic mass is 10.1. The lowest BCUT2D eigenvalue weighted by Gasteiger charge is -2.35. The van der Waals surface area contributed by atoms with Gasteiger partial charge in [-0.3, -0.25) is 4.79 Å². The molecule has 5 nitrogen and oxygen atoms in total. The normalized spacial score (nSPS) is 15.3. The molecular weight excluding hydrogens is 360 g/mol. The molecule has 0 spiro atoms. The largest absolute Gasteiger partial charge is 0.450 e. The predicted molar refractivity (Wildman–Crippen MR) is 107 cm³/mol. The molecule has 0 radical (unpaired) electrons. The first kappa shape index (κ1) is 19.3. The highest BCUT2D eigenvalue weighted by Gasteiger charge is 2.30. The van der Waals surface area contributed by atoms with E-state index >= 15 is 0 Å². The number of benzene rings is 2. The maximum absolute atomic E-state index is 13.3. The van der Waals surface area contributed by atoms with Crippen LogP contribution in [0.4, 0.5) is 4.79 Å². The zero-order valence-electron chi connectivity index (χ0n) is 15.4. The maximum Gasteiger partial charge on any atom is 0.409 e. The number of hydrogen-bond donors (Lipinski definition) is 0. The van der Waals surface area contributed by atoms with Gasteiger partial charge in [0.15, 0.2) is 0 Å². The van der Waals surface area contributed by atoms with E-state index in [0.717, 1.165) is 10.5 Å². The number of rotatable bonds is 5. The summed E-state index contributed by atoms with van der Waals surface area (Å²) < 4.78 is 5.05. The van der Waals surface area contributed by atoms with E-state index < -0.39 is 0 Å². The van der Waals surface area contributed by atoms with Crippen molar-refractivity contribution >= 4 is 23.8 Å². The SMILES string of the molecule is CCOC(=O)N1CCN(C(=O)[C@@H](Sc2ccccc2)c2ccccc2)CC1. The fourth-order valence-electron chi connectivity index (χ4n) is 3.01. The molecule has 1 atom stereocenters. The van der Waals surface area contributed by atoms with Crippen LogP contribution in [-0.2, 0) is 9.53 Å². The summed E-state index contributed by atoms with van der Waals surface area (Å²) in [4.78, 5) is 29.7. The Morgan fingerprint density at radius 2 is 1.48 bits per heavy atom. The van der Waals surface area contributed by atoms with Gasteiger partial charge in [0.2, 0.25) is 5.91 Å². The molecule has 1 aliphatic rings. The van der Waals surface area contributed by atoms with Crippen LogP contribution in [0.5, 0.6) is 0 Å². The van der Waals surface area contributed by atoms with Gasteiger partial charge < -0.3 is 14.5 Å². The third-order valence-corrected chi connectivity index (χ3v) is 5.69. The van der Waals surface area contributed by atoms with Gasteiger partial charge in [0.05, 0.1) is 6.61 Å². The summed E-state index contributed by atoms with van der Waals surface area (Å²) in [6.07, 6.45) is -0.303. The molecule has 1 saturated heterocycles. The number of ether oxygens (including phenoxy) is 1. The average Bonchev–Trinajstić information content (AvgIpc) is 2.73. The highest BCUT2D eigenvalue weighted by molar-refractivity contribution is 8.00. The van der Waals surface area contributed by atoms with E-state index in [1.54, 1.807) is 23.6 Å². The van der Waals surface area contributed by atoms with E-state index in [-0.39, 0.29) is 17.3 Å². The molecule has 6 heteroatoms. The second-order valence-corrected chi connectivity index (χ2v) is 7.41. The zero-order chi connectivity index (χ0) is 19.1. The van der Waals surface area contributed by atoms with E-state index in [1.807, 2.05) is 65.6 Å². The zero-order valence-corrected chi connectivity index (χ0v) is 16.2. The van der Waals surface area contributed by atoms with Crippen molar-refractivity contribution in [3.63, 3.8) is 0 Å². The minimum Gasteiger partial charge on any atom is -0.450 e. The number of amides is 2. The summed E-state index contributed by atoms with van der Waals surface area (Å²) in [6.45, 7) is 4.21. The quantitative estimate of drug-likeness (QED) is 0.736. The number of hydrogen-bond acceptors (Lipinski definition) is 4. The van der Waals surface area contributed by atoms with Gasteiger partial charge in [0.25, 0.3) is 0 Å².